The number of nitrogens with zero attached hydrogens (tertiary/aromatic N) is 2. The molecule has 1 aliphatic rings. The van der Waals surface area contributed by atoms with Gasteiger partial charge in [-0.25, -0.2) is 9.38 Å². The molecule has 0 atom stereocenters. The zero-order chi connectivity index (χ0) is 9.42. The van der Waals surface area contributed by atoms with Crippen molar-refractivity contribution in [2.75, 3.05) is 0 Å². The van der Waals surface area contributed by atoms with Gasteiger partial charge >= 0.3 is 0 Å². The molecule has 0 radical (unpaired) electrons. The number of hydrogen-bond donors (Lipinski definition) is 0. The molecule has 5 heteroatoms. The quantitative estimate of drug-likeness (QED) is 0.656. The first-order valence-corrected chi connectivity index (χ1v) is 4.74. The summed E-state index contributed by atoms with van der Waals surface area (Å²) in [6, 6.07) is 3.08. The van der Waals surface area contributed by atoms with Crippen molar-refractivity contribution >= 4 is 39.7 Å². The van der Waals surface area contributed by atoms with Crippen LogP contribution in [0.15, 0.2) is 21.6 Å². The molecule has 2 nitrogen and oxygen atoms in total. The smallest absolute Gasteiger partial charge is 0.139 e. The topological polar surface area (TPSA) is 15.6 Å². The van der Waals surface area contributed by atoms with Crippen LogP contribution in [0.5, 0.6) is 0 Å². The Hall–Kier alpha value is -0.610. The maximum Gasteiger partial charge on any atom is 0.139 e. The highest BCUT2D eigenvalue weighted by atomic mass is 79.9. The predicted octanol–water partition coefficient (Wildman–Crippen LogP) is 3.22. The molecule has 0 bridgehead atoms. The van der Waals surface area contributed by atoms with Gasteiger partial charge in [0.05, 0.1) is 16.7 Å². The lowest BCUT2D eigenvalue weighted by atomic mass is 10.1. The van der Waals surface area contributed by atoms with Crippen LogP contribution in [0.1, 0.15) is 5.56 Å². The summed E-state index contributed by atoms with van der Waals surface area (Å²) < 4.78 is 14.9. The van der Waals surface area contributed by atoms with Crippen molar-refractivity contribution in [2.45, 2.75) is 6.54 Å². The van der Waals surface area contributed by atoms with Crippen molar-refractivity contribution in [3.63, 3.8) is 0 Å². The van der Waals surface area contributed by atoms with Gasteiger partial charge in [0.1, 0.15) is 12.2 Å². The Morgan fingerprint density at radius 3 is 3.08 bits per heavy atom. The van der Waals surface area contributed by atoms with Gasteiger partial charge in [0.15, 0.2) is 0 Å². The lowest BCUT2D eigenvalue weighted by molar-refractivity contribution is 0.613. The fourth-order valence-electron chi connectivity index (χ4n) is 1.15. The number of halogens is 3. The molecule has 2 rings (SSSR count). The summed E-state index contributed by atoms with van der Waals surface area (Å²) in [5.74, 6) is -0.307. The van der Waals surface area contributed by atoms with Gasteiger partial charge < -0.3 is 0 Å². The Kier molecular flexibility index (Phi) is 2.26. The first kappa shape index (κ1) is 8.97. The van der Waals surface area contributed by atoms with E-state index in [1.54, 1.807) is 6.07 Å². The minimum atomic E-state index is -0.307. The molecule has 13 heavy (non-hydrogen) atoms. The van der Waals surface area contributed by atoms with Gasteiger partial charge in [-0.05, 0) is 27.6 Å². The second kappa shape index (κ2) is 3.27. The summed E-state index contributed by atoms with van der Waals surface area (Å²) in [6.07, 6.45) is 1.47. The molecule has 1 aromatic rings. The highest BCUT2D eigenvalue weighted by molar-refractivity contribution is 9.10. The van der Waals surface area contributed by atoms with Crippen LogP contribution in [0.25, 0.3) is 0 Å². The maximum absolute atomic E-state index is 13.0. The Morgan fingerprint density at radius 2 is 2.31 bits per heavy atom. The first-order chi connectivity index (χ1) is 6.16. The van der Waals surface area contributed by atoms with E-state index >= 15 is 0 Å². The molecule has 1 aliphatic heterocycles. The standard InChI is InChI=1S/C8H5BrClFN2/c9-6-1-5-3-13(10)4-12-8(5)2-7(6)11/h1-2,4H,3H2. The van der Waals surface area contributed by atoms with Crippen LogP contribution in [-0.4, -0.2) is 10.8 Å². The molecule has 1 heterocycles. The second-order valence-electron chi connectivity index (χ2n) is 2.70. The zero-order valence-electron chi connectivity index (χ0n) is 6.47. The van der Waals surface area contributed by atoms with Crippen molar-refractivity contribution in [3.8, 4) is 0 Å². The second-order valence-corrected chi connectivity index (χ2v) is 3.99. The molecule has 0 fully saturated rings. The summed E-state index contributed by atoms with van der Waals surface area (Å²) >= 11 is 8.82. The highest BCUT2D eigenvalue weighted by Crippen LogP contribution is 2.30. The van der Waals surface area contributed by atoms with Crippen molar-refractivity contribution in [2.24, 2.45) is 4.99 Å². The summed E-state index contributed by atoms with van der Waals surface area (Å²) in [5.41, 5.74) is 1.54. The maximum atomic E-state index is 13.0. The number of hydrogen-bond acceptors (Lipinski definition) is 2. The van der Waals surface area contributed by atoms with E-state index in [0.29, 0.717) is 16.7 Å². The van der Waals surface area contributed by atoms with Crippen molar-refractivity contribution in [3.05, 3.63) is 28.0 Å². The van der Waals surface area contributed by atoms with Crippen LogP contribution in [0.4, 0.5) is 10.1 Å². The summed E-state index contributed by atoms with van der Waals surface area (Å²) in [6.45, 7) is 0.541. The number of benzene rings is 1. The van der Waals surface area contributed by atoms with Crippen molar-refractivity contribution < 1.29 is 4.39 Å². The van der Waals surface area contributed by atoms with Crippen LogP contribution < -0.4 is 0 Å². The van der Waals surface area contributed by atoms with Gasteiger partial charge in [0, 0.05) is 17.8 Å². The SMILES string of the molecule is Fc1cc2c(cc1Br)CN(Cl)C=N2. The lowest BCUT2D eigenvalue weighted by Crippen LogP contribution is -2.12. The average molecular weight is 263 g/mol. The molecular weight excluding hydrogens is 258 g/mol. The van der Waals surface area contributed by atoms with Gasteiger partial charge in [-0.2, -0.15) is 0 Å². The minimum absolute atomic E-state index is 0.307. The third-order valence-electron chi connectivity index (χ3n) is 1.77. The largest absolute Gasteiger partial charge is 0.271 e. The van der Waals surface area contributed by atoms with E-state index in [1.807, 2.05) is 0 Å². The van der Waals surface area contributed by atoms with Gasteiger partial charge in [0.2, 0.25) is 0 Å². The number of aliphatic imine (C=N–C) groups is 1. The third-order valence-corrected chi connectivity index (χ3v) is 2.58. The number of rotatable bonds is 0. The molecular formula is C8H5BrClFN2. The summed E-state index contributed by atoms with van der Waals surface area (Å²) in [4.78, 5) is 3.98. The normalized spacial score (nSPS) is 14.5. The predicted molar refractivity (Wildman–Crippen MR) is 53.6 cm³/mol. The monoisotopic (exact) mass is 262 g/mol. The zero-order valence-corrected chi connectivity index (χ0v) is 8.81. The van der Waals surface area contributed by atoms with E-state index in [4.69, 9.17) is 11.8 Å². The highest BCUT2D eigenvalue weighted by Gasteiger charge is 2.12. The molecule has 0 aliphatic carbocycles. The lowest BCUT2D eigenvalue weighted by Gasteiger charge is -2.17. The van der Waals surface area contributed by atoms with Gasteiger partial charge in [-0.3, -0.25) is 4.42 Å². The fraction of sp³-hybridized carbons (Fsp3) is 0.125. The van der Waals surface area contributed by atoms with E-state index in [2.05, 4.69) is 20.9 Å². The van der Waals surface area contributed by atoms with Crippen molar-refractivity contribution in [1.82, 2.24) is 4.42 Å². The Bertz CT molecular complexity index is 381. The first-order valence-electron chi connectivity index (χ1n) is 3.61. The molecule has 0 spiro atoms. The van der Waals surface area contributed by atoms with Gasteiger partial charge in [0.25, 0.3) is 0 Å². The molecule has 0 saturated heterocycles. The van der Waals surface area contributed by atoms with E-state index in [0.717, 1.165) is 5.56 Å². The molecule has 0 N–H and O–H groups in total. The molecule has 0 aromatic heterocycles. The summed E-state index contributed by atoms with van der Waals surface area (Å²) in [5, 5.41) is 0. The molecule has 0 unspecified atom stereocenters. The van der Waals surface area contributed by atoms with E-state index in [9.17, 15) is 4.39 Å². The van der Waals surface area contributed by atoms with Crippen LogP contribution in [0, 0.1) is 5.82 Å². The number of fused-ring (bicyclic) bond motifs is 1. The van der Waals surface area contributed by atoms with Crippen LogP contribution in [-0.2, 0) is 6.54 Å². The fourth-order valence-corrected chi connectivity index (χ4v) is 1.72. The van der Waals surface area contributed by atoms with Crippen LogP contribution in [0.2, 0.25) is 0 Å². The van der Waals surface area contributed by atoms with Gasteiger partial charge in [-0.15, -0.1) is 0 Å². The molecule has 68 valence electrons. The molecule has 1 aromatic carbocycles. The van der Waals surface area contributed by atoms with E-state index in [1.165, 1.54) is 16.8 Å². The Balaban J connectivity index is 2.52. The Labute approximate surface area is 88.3 Å². The van der Waals surface area contributed by atoms with Crippen LogP contribution in [0.3, 0.4) is 0 Å². The van der Waals surface area contributed by atoms with Crippen molar-refractivity contribution in [1.29, 1.82) is 0 Å². The third kappa shape index (κ3) is 1.69. The van der Waals surface area contributed by atoms with Gasteiger partial charge in [-0.1, -0.05) is 0 Å². The Morgan fingerprint density at radius 1 is 1.54 bits per heavy atom. The van der Waals surface area contributed by atoms with Crippen LogP contribution >= 0.6 is 27.7 Å². The summed E-state index contributed by atoms with van der Waals surface area (Å²) in [7, 11) is 0. The van der Waals surface area contributed by atoms with E-state index < -0.39 is 0 Å². The molecule has 0 saturated carbocycles. The average Bonchev–Trinajstić information content (AvgIpc) is 2.08. The van der Waals surface area contributed by atoms with E-state index in [-0.39, 0.29) is 5.82 Å². The molecule has 0 amide bonds. The minimum Gasteiger partial charge on any atom is -0.271 e.